The molecule has 22 nitrogen and oxygen atoms in total. The zero-order valence-corrected chi connectivity index (χ0v) is 28.2. The summed E-state index contributed by atoms with van der Waals surface area (Å²) in [6, 6.07) is 5.10. The predicted molar refractivity (Wildman–Crippen MR) is 174 cm³/mol. The van der Waals surface area contributed by atoms with Crippen molar-refractivity contribution in [2.45, 2.75) is 92.1 Å². The Morgan fingerprint density at radius 2 is 1.02 bits per heavy atom. The third kappa shape index (κ3) is 7.76. The van der Waals surface area contributed by atoms with Crippen molar-refractivity contribution >= 4 is 11.0 Å². The van der Waals surface area contributed by atoms with E-state index in [2.05, 4.69) is 0 Å². The molecule has 0 amide bonds. The molecule has 3 fully saturated rings. The van der Waals surface area contributed by atoms with Gasteiger partial charge in [0.1, 0.15) is 84.0 Å². The molecule has 0 bridgehead atoms. The fourth-order valence-electron chi connectivity index (χ4n) is 6.34. The number of aromatic hydroxyl groups is 4. The van der Waals surface area contributed by atoms with Gasteiger partial charge in [0.2, 0.25) is 18.3 Å². The summed E-state index contributed by atoms with van der Waals surface area (Å²) in [5.41, 5.74) is -0.428. The van der Waals surface area contributed by atoms with Crippen LogP contribution in [0.2, 0.25) is 0 Å². The Kier molecular flexibility index (Phi) is 12.0. The van der Waals surface area contributed by atoms with Gasteiger partial charge in [-0.2, -0.15) is 0 Å². The Morgan fingerprint density at radius 1 is 0.527 bits per heavy atom. The minimum atomic E-state index is -2.01. The number of fused-ring (bicyclic) bond motifs is 1. The molecular weight excluding hydrogens is 748 g/mol. The average molecular weight is 790 g/mol. The molecule has 22 heteroatoms. The van der Waals surface area contributed by atoms with E-state index in [4.69, 9.17) is 32.8 Å². The Balaban J connectivity index is 1.46. The topological polar surface area (TPSA) is 370 Å². The molecule has 7 unspecified atom stereocenters. The number of rotatable bonds is 10. The Morgan fingerprint density at radius 3 is 1.58 bits per heavy atom. The lowest BCUT2D eigenvalue weighted by atomic mass is 9.97. The minimum absolute atomic E-state index is 0.109. The number of ether oxygens (including phenoxy) is 6. The van der Waals surface area contributed by atoms with Crippen LogP contribution in [0.4, 0.5) is 0 Å². The van der Waals surface area contributed by atoms with Crippen molar-refractivity contribution in [2.24, 2.45) is 0 Å². The van der Waals surface area contributed by atoms with Gasteiger partial charge in [-0.05, 0) is 0 Å². The van der Waals surface area contributed by atoms with Crippen LogP contribution < -0.4 is 9.47 Å². The van der Waals surface area contributed by atoms with Gasteiger partial charge in [0.05, 0.1) is 31.5 Å². The number of hydrogen-bond acceptors (Lipinski definition) is 21. The molecule has 3 aromatic rings. The highest BCUT2D eigenvalue weighted by Gasteiger charge is 2.52. The summed E-state index contributed by atoms with van der Waals surface area (Å²) in [5, 5.41) is 155. The number of phenolic OH excluding ortho intramolecular Hbond substituents is 4. The lowest BCUT2D eigenvalue weighted by Gasteiger charge is -2.45. The number of phenols is 4. The molecule has 0 saturated carbocycles. The van der Waals surface area contributed by atoms with Crippen molar-refractivity contribution in [3.05, 3.63) is 30.3 Å². The Hall–Kier alpha value is -3.95. The normalized spacial score (nSPS) is 36.8. The quantitative estimate of drug-likeness (QED) is 0.0678. The Bertz CT molecular complexity index is 1780. The highest BCUT2D eigenvalue weighted by atomic mass is 16.8. The molecule has 55 heavy (non-hydrogen) atoms. The van der Waals surface area contributed by atoms with E-state index in [-0.39, 0.29) is 22.3 Å². The number of benzene rings is 2. The number of aliphatic hydroxyl groups excluding tert-OH is 11. The van der Waals surface area contributed by atoms with E-state index in [1.54, 1.807) is 0 Å². The zero-order chi connectivity index (χ0) is 40.0. The van der Waals surface area contributed by atoms with Gasteiger partial charge in [-0.15, -0.1) is 0 Å². The molecule has 3 aliphatic rings. The second kappa shape index (κ2) is 16.3. The zero-order valence-electron chi connectivity index (χ0n) is 28.2. The van der Waals surface area contributed by atoms with E-state index in [0.717, 1.165) is 30.3 Å². The van der Waals surface area contributed by atoms with Gasteiger partial charge >= 0.3 is 11.3 Å². The molecule has 304 valence electrons. The first-order valence-electron chi connectivity index (χ1n) is 16.7. The van der Waals surface area contributed by atoms with Crippen LogP contribution in [0.25, 0.3) is 22.3 Å². The SMILES string of the molecule is OCC1O[C@@H](Oc2cc3c(O[C@@H]4OC(CO)[C@@H](O)[C@H](O)C4O)cc(O)cc3[o+]c2-c2cc(O)c(O)c(O)c2)C(O[C@@H]2OC(CO)[C@@H](O)C(O)[C@H]2O)C(O)[C@@H]1O. The number of aliphatic hydroxyl groups is 11. The van der Waals surface area contributed by atoms with Crippen LogP contribution in [-0.2, 0) is 18.9 Å². The van der Waals surface area contributed by atoms with Gasteiger partial charge in [-0.3, -0.25) is 0 Å². The largest absolute Gasteiger partial charge is 0.507 e. The summed E-state index contributed by atoms with van der Waals surface area (Å²) in [4.78, 5) is 0. The fourth-order valence-corrected chi connectivity index (χ4v) is 6.34. The van der Waals surface area contributed by atoms with E-state index in [1.165, 1.54) is 0 Å². The van der Waals surface area contributed by atoms with E-state index < -0.39 is 146 Å². The van der Waals surface area contributed by atoms with Gasteiger partial charge in [0.25, 0.3) is 0 Å². The summed E-state index contributed by atoms with van der Waals surface area (Å²) in [5.74, 6) is -4.28. The van der Waals surface area contributed by atoms with Gasteiger partial charge in [-0.1, -0.05) is 0 Å². The van der Waals surface area contributed by atoms with Crippen LogP contribution in [0.5, 0.6) is 34.5 Å². The monoisotopic (exact) mass is 789 g/mol. The first-order valence-corrected chi connectivity index (χ1v) is 16.7. The maximum atomic E-state index is 11.2. The van der Waals surface area contributed by atoms with Crippen LogP contribution in [0, 0.1) is 0 Å². The van der Waals surface area contributed by atoms with Gasteiger partial charge < -0.3 is 105 Å². The molecule has 6 rings (SSSR count). The number of hydrogen-bond donors (Lipinski definition) is 15. The van der Waals surface area contributed by atoms with E-state index in [9.17, 15) is 76.6 Å². The second-order valence-electron chi connectivity index (χ2n) is 13.1. The molecule has 4 heterocycles. The van der Waals surface area contributed by atoms with Crippen molar-refractivity contribution in [1.29, 1.82) is 0 Å². The molecule has 0 radical (unpaired) electrons. The smallest absolute Gasteiger partial charge is 0.402 e. The average Bonchev–Trinajstić information content (AvgIpc) is 3.16. The van der Waals surface area contributed by atoms with Crippen molar-refractivity contribution in [1.82, 2.24) is 0 Å². The van der Waals surface area contributed by atoms with Crippen molar-refractivity contribution in [3.8, 4) is 45.8 Å². The molecule has 15 N–H and O–H groups in total. The van der Waals surface area contributed by atoms with E-state index in [0.29, 0.717) is 0 Å². The lowest BCUT2D eigenvalue weighted by molar-refractivity contribution is -0.357. The highest BCUT2D eigenvalue weighted by Crippen LogP contribution is 2.46. The molecule has 0 spiro atoms. The van der Waals surface area contributed by atoms with Gasteiger partial charge in [-0.25, -0.2) is 4.42 Å². The summed E-state index contributed by atoms with van der Waals surface area (Å²) in [7, 11) is 0. The molecule has 2 aromatic carbocycles. The lowest BCUT2D eigenvalue weighted by Crippen LogP contribution is -2.65. The summed E-state index contributed by atoms with van der Waals surface area (Å²) in [6.07, 6.45) is -27.0. The minimum Gasteiger partial charge on any atom is -0.507 e. The van der Waals surface area contributed by atoms with Crippen LogP contribution in [0.3, 0.4) is 0 Å². The highest BCUT2D eigenvalue weighted by molar-refractivity contribution is 5.89. The van der Waals surface area contributed by atoms with E-state index >= 15 is 0 Å². The third-order valence-corrected chi connectivity index (χ3v) is 9.43. The van der Waals surface area contributed by atoms with Gasteiger partial charge in [0.15, 0.2) is 29.6 Å². The maximum absolute atomic E-state index is 11.2. The maximum Gasteiger partial charge on any atom is 0.402 e. The molecular formula is C33H41O22+. The first-order chi connectivity index (χ1) is 26.1. The summed E-state index contributed by atoms with van der Waals surface area (Å²) < 4.78 is 40.2. The van der Waals surface area contributed by atoms with E-state index in [1.807, 2.05) is 0 Å². The van der Waals surface area contributed by atoms with Crippen LogP contribution in [0.1, 0.15) is 0 Å². The van der Waals surface area contributed by atoms with Crippen molar-refractivity contribution < 1.29 is 109 Å². The third-order valence-electron chi connectivity index (χ3n) is 9.43. The molecule has 15 atom stereocenters. The molecule has 0 aliphatic carbocycles. The predicted octanol–water partition coefficient (Wildman–Crippen LogP) is -4.62. The second-order valence-corrected chi connectivity index (χ2v) is 13.1. The Labute approximate surface area is 308 Å². The van der Waals surface area contributed by atoms with Gasteiger partial charge in [0, 0.05) is 24.3 Å². The van der Waals surface area contributed by atoms with Crippen molar-refractivity contribution in [2.75, 3.05) is 19.8 Å². The van der Waals surface area contributed by atoms with Crippen LogP contribution >= 0.6 is 0 Å². The van der Waals surface area contributed by atoms with Crippen LogP contribution in [0.15, 0.2) is 34.7 Å². The van der Waals surface area contributed by atoms with Crippen LogP contribution in [-0.4, -0.2) is 189 Å². The molecule has 3 saturated heterocycles. The summed E-state index contributed by atoms with van der Waals surface area (Å²) >= 11 is 0. The molecule has 1 aromatic heterocycles. The summed E-state index contributed by atoms with van der Waals surface area (Å²) in [6.45, 7) is -2.53. The molecule has 3 aliphatic heterocycles. The first kappa shape index (κ1) is 40.7. The standard InChI is InChI=1S/C33H40O22/c34-6-17-21(41)24(44)27(47)31(52-17)50-15-4-10(37)3-14-11(15)5-16(29(49-14)9-1-12(38)20(40)13(39)2-9)51-33-30(26(46)23(43)19(8-36)54-33)55-32-28(48)25(45)22(42)18(7-35)53-32/h1-5,17-19,21-28,30-36,41-48H,6-8H2,(H3-,37,38,39,40)/p+1/t17?,18?,19?,21-,22-,23-,24+,25?,26?,27?,28-,30?,31-,32+,33-/m1/s1. The van der Waals surface area contributed by atoms with Crippen molar-refractivity contribution in [3.63, 3.8) is 0 Å². The fraction of sp³-hybridized carbons (Fsp3) is 0.545.